The van der Waals surface area contributed by atoms with Crippen LogP contribution in [0.4, 0.5) is 0 Å². The van der Waals surface area contributed by atoms with E-state index in [2.05, 4.69) is 37.9 Å². The Morgan fingerprint density at radius 3 is 2.16 bits per heavy atom. The van der Waals surface area contributed by atoms with Crippen LogP contribution in [0.25, 0.3) is 0 Å². The zero-order valence-corrected chi connectivity index (χ0v) is 13.6. The Kier molecular flexibility index (Phi) is 6.28. The molecule has 0 aliphatic carbocycles. The molecule has 19 heavy (non-hydrogen) atoms. The predicted octanol–water partition coefficient (Wildman–Crippen LogP) is 2.50. The topological polar surface area (TPSA) is 35.5 Å². The highest BCUT2D eigenvalue weighted by Crippen LogP contribution is 2.34. The number of likely N-dealkylation sites (tertiary alicyclic amines) is 1. The van der Waals surface area contributed by atoms with Crippen molar-refractivity contribution in [3.8, 4) is 0 Å². The van der Waals surface area contributed by atoms with Crippen LogP contribution in [0.3, 0.4) is 0 Å². The first kappa shape index (κ1) is 16.9. The lowest BCUT2D eigenvalue weighted by atomic mass is 9.75. The third-order valence-electron chi connectivity index (χ3n) is 4.97. The highest BCUT2D eigenvalue weighted by Gasteiger charge is 2.28. The Morgan fingerprint density at radius 2 is 1.74 bits per heavy atom. The molecule has 1 unspecified atom stereocenters. The summed E-state index contributed by atoms with van der Waals surface area (Å²) < 4.78 is 0. The van der Waals surface area contributed by atoms with Crippen LogP contribution in [0.1, 0.15) is 53.4 Å². The van der Waals surface area contributed by atoms with Gasteiger partial charge in [-0.2, -0.15) is 0 Å². The monoisotopic (exact) mass is 270 g/mol. The van der Waals surface area contributed by atoms with Gasteiger partial charge in [-0.3, -0.25) is 0 Å². The van der Waals surface area contributed by atoms with E-state index in [4.69, 9.17) is 0 Å². The number of nitrogens with one attached hydrogen (secondary N) is 1. The van der Waals surface area contributed by atoms with Crippen LogP contribution < -0.4 is 5.32 Å². The van der Waals surface area contributed by atoms with E-state index < -0.39 is 0 Å². The smallest absolute Gasteiger partial charge is 0.0610 e. The van der Waals surface area contributed by atoms with Gasteiger partial charge in [0.2, 0.25) is 0 Å². The fourth-order valence-corrected chi connectivity index (χ4v) is 3.00. The first-order valence-corrected chi connectivity index (χ1v) is 7.83. The molecule has 1 aliphatic heterocycles. The van der Waals surface area contributed by atoms with Gasteiger partial charge in [0.05, 0.1) is 6.61 Å². The molecule has 0 aromatic carbocycles. The standard InChI is InChI=1S/C16H34N2O/c1-15(2,3)14-7-11-18(12-8-14)10-6-9-16(4,13-19)17-5/h14,17,19H,6-13H2,1-5H3. The lowest BCUT2D eigenvalue weighted by molar-refractivity contribution is 0.106. The zero-order valence-electron chi connectivity index (χ0n) is 13.6. The average molecular weight is 270 g/mol. The second-order valence-corrected chi connectivity index (χ2v) is 7.55. The van der Waals surface area contributed by atoms with Gasteiger partial charge in [0.1, 0.15) is 0 Å². The van der Waals surface area contributed by atoms with Gasteiger partial charge in [-0.25, -0.2) is 0 Å². The average Bonchev–Trinajstić information content (AvgIpc) is 2.38. The summed E-state index contributed by atoms with van der Waals surface area (Å²) in [5.41, 5.74) is 0.359. The minimum absolute atomic E-state index is 0.107. The number of aliphatic hydroxyl groups excluding tert-OH is 1. The van der Waals surface area contributed by atoms with Gasteiger partial charge in [0, 0.05) is 5.54 Å². The Bertz CT molecular complexity index is 248. The minimum atomic E-state index is -0.107. The summed E-state index contributed by atoms with van der Waals surface area (Å²) >= 11 is 0. The van der Waals surface area contributed by atoms with Gasteiger partial charge in [-0.05, 0) is 70.6 Å². The van der Waals surface area contributed by atoms with Crippen molar-refractivity contribution in [2.75, 3.05) is 33.3 Å². The Balaban J connectivity index is 2.23. The number of hydrogen-bond acceptors (Lipinski definition) is 3. The molecule has 114 valence electrons. The van der Waals surface area contributed by atoms with Crippen molar-refractivity contribution in [3.63, 3.8) is 0 Å². The molecule has 2 N–H and O–H groups in total. The van der Waals surface area contributed by atoms with Crippen molar-refractivity contribution < 1.29 is 5.11 Å². The van der Waals surface area contributed by atoms with Gasteiger partial charge in [-0.15, -0.1) is 0 Å². The highest BCUT2D eigenvalue weighted by atomic mass is 16.3. The molecular formula is C16H34N2O. The molecule has 1 atom stereocenters. The number of piperidine rings is 1. The molecule has 1 heterocycles. The van der Waals surface area contributed by atoms with E-state index in [-0.39, 0.29) is 12.1 Å². The van der Waals surface area contributed by atoms with Gasteiger partial charge < -0.3 is 15.3 Å². The van der Waals surface area contributed by atoms with Gasteiger partial charge in [0.15, 0.2) is 0 Å². The number of aliphatic hydroxyl groups is 1. The van der Waals surface area contributed by atoms with Crippen LogP contribution in [-0.2, 0) is 0 Å². The summed E-state index contributed by atoms with van der Waals surface area (Å²) in [6, 6.07) is 0. The van der Waals surface area contributed by atoms with Gasteiger partial charge >= 0.3 is 0 Å². The fraction of sp³-hybridized carbons (Fsp3) is 1.00. The molecule has 0 saturated carbocycles. The normalized spacial score (nSPS) is 22.4. The van der Waals surface area contributed by atoms with Crippen molar-refractivity contribution in [1.82, 2.24) is 10.2 Å². The van der Waals surface area contributed by atoms with E-state index in [0.717, 1.165) is 18.8 Å². The van der Waals surface area contributed by atoms with Gasteiger partial charge in [-0.1, -0.05) is 20.8 Å². The van der Waals surface area contributed by atoms with Crippen LogP contribution in [0.5, 0.6) is 0 Å². The maximum absolute atomic E-state index is 9.37. The number of hydrogen-bond donors (Lipinski definition) is 2. The number of rotatable bonds is 6. The Morgan fingerprint density at radius 1 is 1.16 bits per heavy atom. The van der Waals surface area contributed by atoms with E-state index in [1.807, 2.05) is 7.05 Å². The predicted molar refractivity (Wildman–Crippen MR) is 82.4 cm³/mol. The minimum Gasteiger partial charge on any atom is -0.394 e. The lowest BCUT2D eigenvalue weighted by Gasteiger charge is -2.39. The number of nitrogens with zero attached hydrogens (tertiary/aromatic N) is 1. The largest absolute Gasteiger partial charge is 0.394 e. The third-order valence-corrected chi connectivity index (χ3v) is 4.97. The third kappa shape index (κ3) is 5.41. The second kappa shape index (κ2) is 7.05. The number of likely N-dealkylation sites (N-methyl/N-ethyl adjacent to an activating group) is 1. The summed E-state index contributed by atoms with van der Waals surface area (Å²) in [4.78, 5) is 2.59. The summed E-state index contributed by atoms with van der Waals surface area (Å²) in [6.07, 6.45) is 4.89. The molecule has 0 aromatic rings. The van der Waals surface area contributed by atoms with E-state index in [0.29, 0.717) is 5.41 Å². The summed E-state index contributed by atoms with van der Waals surface area (Å²) in [6.45, 7) is 13.1. The fourth-order valence-electron chi connectivity index (χ4n) is 3.00. The maximum Gasteiger partial charge on any atom is 0.0610 e. The van der Waals surface area contributed by atoms with E-state index in [9.17, 15) is 5.11 Å². The van der Waals surface area contributed by atoms with Crippen LogP contribution in [0.2, 0.25) is 0 Å². The highest BCUT2D eigenvalue weighted by molar-refractivity contribution is 4.83. The van der Waals surface area contributed by atoms with Crippen LogP contribution in [0.15, 0.2) is 0 Å². The van der Waals surface area contributed by atoms with Gasteiger partial charge in [0.25, 0.3) is 0 Å². The molecule has 1 aliphatic rings. The van der Waals surface area contributed by atoms with Crippen LogP contribution >= 0.6 is 0 Å². The first-order chi connectivity index (χ1) is 8.80. The molecule has 3 nitrogen and oxygen atoms in total. The summed E-state index contributed by atoms with van der Waals surface area (Å²) in [5, 5.41) is 12.6. The quantitative estimate of drug-likeness (QED) is 0.778. The molecule has 0 spiro atoms. The van der Waals surface area contributed by atoms with E-state index in [1.54, 1.807) is 0 Å². The molecule has 1 saturated heterocycles. The van der Waals surface area contributed by atoms with Crippen molar-refractivity contribution >= 4 is 0 Å². The van der Waals surface area contributed by atoms with Crippen molar-refractivity contribution in [2.45, 2.75) is 58.9 Å². The van der Waals surface area contributed by atoms with Crippen LogP contribution in [-0.4, -0.2) is 48.8 Å². The molecule has 1 rings (SSSR count). The van der Waals surface area contributed by atoms with E-state index in [1.165, 1.54) is 32.5 Å². The molecule has 3 heteroatoms. The summed E-state index contributed by atoms with van der Waals surface area (Å²) in [5.74, 6) is 0.878. The Labute approximate surface area is 119 Å². The van der Waals surface area contributed by atoms with Crippen molar-refractivity contribution in [1.29, 1.82) is 0 Å². The molecule has 0 bridgehead atoms. The molecule has 0 radical (unpaired) electrons. The lowest BCUT2D eigenvalue weighted by Crippen LogP contribution is -2.44. The van der Waals surface area contributed by atoms with Crippen molar-refractivity contribution in [2.24, 2.45) is 11.3 Å². The summed E-state index contributed by atoms with van der Waals surface area (Å²) in [7, 11) is 1.94. The van der Waals surface area contributed by atoms with Crippen LogP contribution in [0, 0.1) is 11.3 Å². The Hall–Kier alpha value is -0.120. The maximum atomic E-state index is 9.37. The molecule has 0 aromatic heterocycles. The second-order valence-electron chi connectivity index (χ2n) is 7.55. The zero-order chi connectivity index (χ0) is 14.5. The SMILES string of the molecule is CNC(C)(CO)CCCN1CCC(C(C)(C)C)CC1. The van der Waals surface area contributed by atoms with E-state index >= 15 is 0 Å². The van der Waals surface area contributed by atoms with Crippen molar-refractivity contribution in [3.05, 3.63) is 0 Å². The molecular weight excluding hydrogens is 236 g/mol. The molecule has 0 amide bonds. The first-order valence-electron chi connectivity index (χ1n) is 7.83. The molecule has 1 fully saturated rings.